The van der Waals surface area contributed by atoms with Gasteiger partial charge in [-0.25, -0.2) is 0 Å². The first kappa shape index (κ1) is 19.2. The van der Waals surface area contributed by atoms with Crippen LogP contribution in [-0.4, -0.2) is 17.9 Å². The zero-order chi connectivity index (χ0) is 19.1. The van der Waals surface area contributed by atoms with Gasteiger partial charge in [0.15, 0.2) is 0 Å². The summed E-state index contributed by atoms with van der Waals surface area (Å²) in [6.45, 7) is 3.95. The Balaban J connectivity index is 2.08. The summed E-state index contributed by atoms with van der Waals surface area (Å²) < 4.78 is 5.26. The summed E-state index contributed by atoms with van der Waals surface area (Å²) in [6.07, 6.45) is 3.69. The van der Waals surface area contributed by atoms with Crippen molar-refractivity contribution < 1.29 is 14.5 Å². The van der Waals surface area contributed by atoms with Gasteiger partial charge in [-0.1, -0.05) is 31.2 Å². The van der Waals surface area contributed by atoms with Crippen LogP contribution in [0.3, 0.4) is 0 Å². The first-order chi connectivity index (χ1) is 12.4. The van der Waals surface area contributed by atoms with Crippen LogP contribution in [0.4, 0.5) is 5.69 Å². The summed E-state index contributed by atoms with van der Waals surface area (Å²) in [5.41, 5.74) is 2.60. The molecule has 6 nitrogen and oxygen atoms in total. The quantitative estimate of drug-likeness (QED) is 0.459. The Hall–Kier alpha value is -3.15. The molecule has 0 aliphatic carbocycles. The maximum absolute atomic E-state index is 12.2. The maximum Gasteiger partial charge on any atom is 0.270 e. The number of ether oxygens (including phenoxy) is 1. The van der Waals surface area contributed by atoms with Crippen LogP contribution in [0.2, 0.25) is 0 Å². The Morgan fingerprint density at radius 2 is 2.08 bits per heavy atom. The lowest BCUT2D eigenvalue weighted by Crippen LogP contribution is -2.26. The fourth-order valence-electron chi connectivity index (χ4n) is 2.67. The number of amides is 1. The van der Waals surface area contributed by atoms with E-state index in [0.717, 1.165) is 23.3 Å². The highest BCUT2D eigenvalue weighted by Gasteiger charge is 2.13. The predicted molar refractivity (Wildman–Crippen MR) is 101 cm³/mol. The van der Waals surface area contributed by atoms with E-state index in [-0.39, 0.29) is 17.6 Å². The molecule has 2 aromatic carbocycles. The Kier molecular flexibility index (Phi) is 6.49. The minimum absolute atomic E-state index is 0.00676. The highest BCUT2D eigenvalue weighted by molar-refractivity contribution is 5.92. The van der Waals surface area contributed by atoms with Crippen LogP contribution in [0, 0.1) is 17.0 Å². The molecule has 0 unspecified atom stereocenters. The molecule has 2 aromatic rings. The zero-order valence-corrected chi connectivity index (χ0v) is 15.1. The average molecular weight is 354 g/mol. The third-order valence-electron chi connectivity index (χ3n) is 4.05. The number of carbonyl (C=O) groups is 1. The number of aryl methyl sites for hydroxylation is 1. The van der Waals surface area contributed by atoms with Gasteiger partial charge in [-0.15, -0.1) is 0 Å². The number of benzene rings is 2. The van der Waals surface area contributed by atoms with Crippen molar-refractivity contribution in [3.8, 4) is 5.75 Å². The molecule has 0 aliphatic rings. The molecule has 0 heterocycles. The van der Waals surface area contributed by atoms with E-state index < -0.39 is 4.92 Å². The summed E-state index contributed by atoms with van der Waals surface area (Å²) in [5.74, 6) is 0.553. The minimum atomic E-state index is -0.462. The smallest absolute Gasteiger partial charge is 0.270 e. The van der Waals surface area contributed by atoms with Crippen molar-refractivity contribution in [1.82, 2.24) is 5.32 Å². The number of nitrogens with one attached hydrogen (secondary N) is 1. The highest BCUT2D eigenvalue weighted by atomic mass is 16.6. The summed E-state index contributed by atoms with van der Waals surface area (Å²) in [6, 6.07) is 11.8. The monoisotopic (exact) mass is 354 g/mol. The van der Waals surface area contributed by atoms with Gasteiger partial charge in [0.25, 0.3) is 5.69 Å². The van der Waals surface area contributed by atoms with Crippen LogP contribution in [0.25, 0.3) is 6.08 Å². The van der Waals surface area contributed by atoms with Crippen molar-refractivity contribution in [2.45, 2.75) is 26.3 Å². The highest BCUT2D eigenvalue weighted by Crippen LogP contribution is 2.24. The molecule has 0 spiro atoms. The largest absolute Gasteiger partial charge is 0.496 e. The van der Waals surface area contributed by atoms with E-state index in [1.165, 1.54) is 18.2 Å². The van der Waals surface area contributed by atoms with Gasteiger partial charge in [0.1, 0.15) is 5.75 Å². The minimum Gasteiger partial charge on any atom is -0.496 e. The fraction of sp³-hybridized carbons (Fsp3) is 0.250. The van der Waals surface area contributed by atoms with E-state index in [9.17, 15) is 14.9 Å². The molecule has 6 heteroatoms. The second-order valence-corrected chi connectivity index (χ2v) is 5.88. The van der Waals surface area contributed by atoms with Crippen LogP contribution < -0.4 is 10.1 Å². The van der Waals surface area contributed by atoms with Gasteiger partial charge in [0.05, 0.1) is 18.1 Å². The van der Waals surface area contributed by atoms with Gasteiger partial charge >= 0.3 is 0 Å². The number of nitro benzene ring substituents is 1. The van der Waals surface area contributed by atoms with E-state index in [0.29, 0.717) is 5.56 Å². The van der Waals surface area contributed by atoms with Crippen LogP contribution in [-0.2, 0) is 4.79 Å². The van der Waals surface area contributed by atoms with Gasteiger partial charge in [-0.2, -0.15) is 0 Å². The van der Waals surface area contributed by atoms with E-state index in [2.05, 4.69) is 5.32 Å². The molecular formula is C20H22N2O4. The third-order valence-corrected chi connectivity index (χ3v) is 4.05. The number of hydrogen-bond donors (Lipinski definition) is 1. The Morgan fingerprint density at radius 1 is 1.31 bits per heavy atom. The van der Waals surface area contributed by atoms with Crippen LogP contribution in [0.5, 0.6) is 5.75 Å². The molecular weight excluding hydrogens is 332 g/mol. The molecule has 0 fully saturated rings. The van der Waals surface area contributed by atoms with Crippen LogP contribution in [0.1, 0.15) is 36.1 Å². The standard InChI is InChI=1S/C20H22N2O4/c1-4-18(16-9-10-19(26-3)14(2)12-16)21-20(23)11-8-15-6-5-7-17(13-15)22(24)25/h5-13,18H,4H2,1-3H3,(H,21,23)/b11-8+/t18-/m0/s1. The molecule has 1 atom stereocenters. The van der Waals surface area contributed by atoms with Gasteiger partial charge in [-0.05, 0) is 42.2 Å². The maximum atomic E-state index is 12.2. The van der Waals surface area contributed by atoms with Crippen molar-refractivity contribution >= 4 is 17.7 Å². The van der Waals surface area contributed by atoms with E-state index in [1.807, 2.05) is 32.0 Å². The lowest BCUT2D eigenvalue weighted by Gasteiger charge is -2.18. The normalized spacial score (nSPS) is 12.0. The Morgan fingerprint density at radius 3 is 2.69 bits per heavy atom. The number of rotatable bonds is 7. The molecule has 2 rings (SSSR count). The summed E-state index contributed by atoms with van der Waals surface area (Å²) in [4.78, 5) is 22.6. The van der Waals surface area contributed by atoms with Crippen molar-refractivity contribution in [2.75, 3.05) is 7.11 Å². The van der Waals surface area contributed by atoms with Crippen molar-refractivity contribution in [2.24, 2.45) is 0 Å². The number of nitro groups is 1. The molecule has 0 bridgehead atoms. The van der Waals surface area contributed by atoms with Gasteiger partial charge < -0.3 is 10.1 Å². The number of nitrogens with zero attached hydrogens (tertiary/aromatic N) is 1. The fourth-order valence-corrected chi connectivity index (χ4v) is 2.67. The van der Waals surface area contributed by atoms with E-state index in [1.54, 1.807) is 25.3 Å². The molecule has 26 heavy (non-hydrogen) atoms. The second-order valence-electron chi connectivity index (χ2n) is 5.88. The van der Waals surface area contributed by atoms with Crippen LogP contribution in [0.15, 0.2) is 48.5 Å². The topological polar surface area (TPSA) is 81.5 Å². The SMILES string of the molecule is CC[C@H](NC(=O)/C=C/c1cccc([N+](=O)[O-])c1)c1ccc(OC)c(C)c1. The predicted octanol–water partition coefficient (Wildman–Crippen LogP) is 4.19. The summed E-state index contributed by atoms with van der Waals surface area (Å²) in [7, 11) is 1.62. The molecule has 1 amide bonds. The Bertz CT molecular complexity index is 830. The molecule has 1 N–H and O–H groups in total. The van der Waals surface area contributed by atoms with E-state index >= 15 is 0 Å². The van der Waals surface area contributed by atoms with Crippen molar-refractivity contribution in [3.63, 3.8) is 0 Å². The van der Waals surface area contributed by atoms with Gasteiger partial charge in [0, 0.05) is 18.2 Å². The zero-order valence-electron chi connectivity index (χ0n) is 15.1. The number of non-ortho nitro benzene ring substituents is 1. The Labute approximate surface area is 152 Å². The molecule has 0 saturated carbocycles. The van der Waals surface area contributed by atoms with Gasteiger partial charge in [-0.3, -0.25) is 14.9 Å². The summed E-state index contributed by atoms with van der Waals surface area (Å²) in [5, 5.41) is 13.8. The van der Waals surface area contributed by atoms with Gasteiger partial charge in [0.2, 0.25) is 5.91 Å². The lowest BCUT2D eigenvalue weighted by molar-refractivity contribution is -0.384. The third kappa shape index (κ3) is 4.92. The van der Waals surface area contributed by atoms with E-state index in [4.69, 9.17) is 4.74 Å². The molecule has 0 aliphatic heterocycles. The number of hydrogen-bond acceptors (Lipinski definition) is 4. The first-order valence-electron chi connectivity index (χ1n) is 8.32. The molecule has 0 radical (unpaired) electrons. The number of carbonyl (C=O) groups excluding carboxylic acids is 1. The summed E-state index contributed by atoms with van der Waals surface area (Å²) >= 11 is 0. The van der Waals surface area contributed by atoms with Crippen molar-refractivity contribution in [1.29, 1.82) is 0 Å². The molecule has 0 saturated heterocycles. The van der Waals surface area contributed by atoms with Crippen molar-refractivity contribution in [3.05, 3.63) is 75.3 Å². The van der Waals surface area contributed by atoms with Crippen LogP contribution >= 0.6 is 0 Å². The lowest BCUT2D eigenvalue weighted by atomic mass is 10.0. The second kappa shape index (κ2) is 8.80. The molecule has 136 valence electrons. The average Bonchev–Trinajstić information content (AvgIpc) is 2.64. The molecule has 0 aromatic heterocycles. The first-order valence-corrected chi connectivity index (χ1v) is 8.32. The number of methoxy groups -OCH3 is 1.